The van der Waals surface area contributed by atoms with Gasteiger partial charge in [0.15, 0.2) is 6.54 Å². The van der Waals surface area contributed by atoms with E-state index in [4.69, 9.17) is 10.8 Å². The van der Waals surface area contributed by atoms with Crippen LogP contribution in [0.25, 0.3) is 0 Å². The van der Waals surface area contributed by atoms with Crippen molar-refractivity contribution < 1.29 is 14.4 Å². The molecule has 0 amide bonds. The molecular formula is C16H28N3O2+. The highest BCUT2D eigenvalue weighted by Crippen LogP contribution is 2.23. The van der Waals surface area contributed by atoms with Gasteiger partial charge >= 0.3 is 5.97 Å². The van der Waals surface area contributed by atoms with E-state index >= 15 is 0 Å². The van der Waals surface area contributed by atoms with Crippen molar-refractivity contribution in [2.45, 2.75) is 58.5 Å². The number of amidine groups is 1. The third-order valence-electron chi connectivity index (χ3n) is 3.82. The molecule has 2 atom stereocenters. The quantitative estimate of drug-likeness (QED) is 0.369. The van der Waals surface area contributed by atoms with Crippen LogP contribution in [0.3, 0.4) is 0 Å². The van der Waals surface area contributed by atoms with Crippen molar-refractivity contribution in [3.63, 3.8) is 0 Å². The molecule has 1 rings (SSSR count). The average Bonchev–Trinajstić information content (AvgIpc) is 2.81. The van der Waals surface area contributed by atoms with Crippen molar-refractivity contribution in [3.8, 4) is 0 Å². The van der Waals surface area contributed by atoms with Gasteiger partial charge in [0.2, 0.25) is 5.84 Å². The Morgan fingerprint density at radius 2 is 2.10 bits per heavy atom. The zero-order chi connectivity index (χ0) is 15.7. The van der Waals surface area contributed by atoms with Gasteiger partial charge < -0.3 is 5.11 Å². The van der Waals surface area contributed by atoms with Gasteiger partial charge in [0, 0.05) is 13.3 Å². The molecule has 1 aliphatic rings. The minimum atomic E-state index is -0.856. The zero-order valence-electron chi connectivity index (χ0n) is 13.2. The molecule has 0 fully saturated rings. The van der Waals surface area contributed by atoms with Crippen molar-refractivity contribution in [3.05, 3.63) is 24.6 Å². The fourth-order valence-corrected chi connectivity index (χ4v) is 2.52. The lowest BCUT2D eigenvalue weighted by Crippen LogP contribution is -2.59. The van der Waals surface area contributed by atoms with Crippen molar-refractivity contribution >= 4 is 11.8 Å². The highest BCUT2D eigenvalue weighted by atomic mass is 16.4. The summed E-state index contributed by atoms with van der Waals surface area (Å²) in [5.41, 5.74) is 6.02. The Kier molecular flexibility index (Phi) is 7.32. The largest absolute Gasteiger partial charge is 0.477 e. The Hall–Kier alpha value is -1.46. The molecule has 5 heteroatoms. The second-order valence-electron chi connectivity index (χ2n) is 5.57. The highest BCUT2D eigenvalue weighted by Gasteiger charge is 2.40. The first kappa shape index (κ1) is 17.6. The van der Waals surface area contributed by atoms with Gasteiger partial charge in [-0.2, -0.15) is 0 Å². The fraction of sp³-hybridized carbons (Fsp3) is 0.625. The molecular weight excluding hydrogens is 266 g/mol. The van der Waals surface area contributed by atoms with Crippen LogP contribution in [-0.4, -0.2) is 34.1 Å². The lowest BCUT2D eigenvalue weighted by molar-refractivity contribution is -0.805. The summed E-state index contributed by atoms with van der Waals surface area (Å²) in [5.74, 6) is 0.000342. The molecule has 0 bridgehead atoms. The van der Waals surface area contributed by atoms with Crippen LogP contribution in [0.1, 0.15) is 52.4 Å². The smallest absolute Gasteiger partial charge is 0.360 e. The number of unbranched alkanes of at least 4 members (excludes halogenated alkanes) is 3. The average molecular weight is 294 g/mol. The van der Waals surface area contributed by atoms with E-state index in [2.05, 4.69) is 24.1 Å². The molecule has 0 aromatic heterocycles. The van der Waals surface area contributed by atoms with Crippen molar-refractivity contribution in [2.24, 2.45) is 10.7 Å². The van der Waals surface area contributed by atoms with E-state index in [-0.39, 0.29) is 17.2 Å². The van der Waals surface area contributed by atoms with Gasteiger partial charge in [-0.25, -0.2) is 14.3 Å². The maximum atomic E-state index is 11.1. The second-order valence-corrected chi connectivity index (χ2v) is 5.57. The molecule has 1 aliphatic heterocycles. The van der Waals surface area contributed by atoms with E-state index in [1.54, 1.807) is 12.4 Å². The monoisotopic (exact) mass is 294 g/mol. The molecule has 0 spiro atoms. The summed E-state index contributed by atoms with van der Waals surface area (Å²) >= 11 is 0. The number of quaternary nitrogens is 1. The van der Waals surface area contributed by atoms with Crippen molar-refractivity contribution in [1.82, 2.24) is 0 Å². The molecule has 0 saturated carbocycles. The number of rotatable bonds is 10. The Bertz CT molecular complexity index is 427. The lowest BCUT2D eigenvalue weighted by atomic mass is 10.1. The van der Waals surface area contributed by atoms with Crippen LogP contribution in [0.5, 0.6) is 0 Å². The molecule has 5 nitrogen and oxygen atoms in total. The number of nitrogens with zero attached hydrogens (tertiary/aromatic N) is 2. The molecule has 2 unspecified atom stereocenters. The van der Waals surface area contributed by atoms with Crippen LogP contribution in [0.15, 0.2) is 29.5 Å². The fourth-order valence-electron chi connectivity index (χ4n) is 2.52. The van der Waals surface area contributed by atoms with Crippen LogP contribution < -0.4 is 5.73 Å². The van der Waals surface area contributed by atoms with Gasteiger partial charge in [0.25, 0.3) is 0 Å². The standard InChI is InChI=1S/C16H27N3O2/c1-3-4-5-6-7-8-9-10-15-18-11-12-19(15,14(2)17)13-16(20)21/h6-7,11-12,14H,3-5,8-10,13,17H2,1-2H3/p+1/b7-6+. The van der Waals surface area contributed by atoms with E-state index in [0.717, 1.165) is 31.5 Å². The number of aliphatic imine (C=N–C) groups is 1. The molecule has 0 aromatic rings. The lowest BCUT2D eigenvalue weighted by Gasteiger charge is -2.34. The SMILES string of the molecule is CCCC/C=C/CCCC1=NC=C[N+]1(CC(=O)O)C(C)N. The molecule has 0 radical (unpaired) electrons. The predicted octanol–water partition coefficient (Wildman–Crippen LogP) is 2.99. The van der Waals surface area contributed by atoms with Crippen LogP contribution in [-0.2, 0) is 4.79 Å². The molecule has 1 heterocycles. The number of carboxylic acids is 1. The van der Waals surface area contributed by atoms with Crippen molar-refractivity contribution in [1.29, 1.82) is 0 Å². The number of carboxylic acid groups (broad SMARTS) is 1. The molecule has 3 N–H and O–H groups in total. The first-order valence-electron chi connectivity index (χ1n) is 7.77. The molecule has 0 aromatic carbocycles. The van der Waals surface area contributed by atoms with Gasteiger partial charge in [-0.15, -0.1) is 0 Å². The number of allylic oxidation sites excluding steroid dienone is 2. The molecule has 118 valence electrons. The third-order valence-corrected chi connectivity index (χ3v) is 3.82. The maximum Gasteiger partial charge on any atom is 0.360 e. The van der Waals surface area contributed by atoms with Gasteiger partial charge in [0.05, 0.1) is 6.20 Å². The van der Waals surface area contributed by atoms with Crippen LogP contribution in [0.4, 0.5) is 0 Å². The first-order chi connectivity index (χ1) is 10.0. The highest BCUT2D eigenvalue weighted by molar-refractivity contribution is 5.81. The Balaban J connectivity index is 2.50. The number of aliphatic carboxylic acids is 1. The van der Waals surface area contributed by atoms with Gasteiger partial charge in [-0.1, -0.05) is 31.9 Å². The van der Waals surface area contributed by atoms with Gasteiger partial charge in [-0.05, 0) is 19.3 Å². The van der Waals surface area contributed by atoms with E-state index in [0.29, 0.717) is 0 Å². The summed E-state index contributed by atoms with van der Waals surface area (Å²) in [4.78, 5) is 15.5. The minimum Gasteiger partial charge on any atom is -0.477 e. The maximum absolute atomic E-state index is 11.1. The van der Waals surface area contributed by atoms with E-state index < -0.39 is 5.97 Å². The number of hydrogen-bond acceptors (Lipinski definition) is 3. The minimum absolute atomic E-state index is 0.0423. The van der Waals surface area contributed by atoms with Crippen molar-refractivity contribution in [2.75, 3.05) is 6.54 Å². The Morgan fingerprint density at radius 3 is 2.67 bits per heavy atom. The summed E-state index contributed by atoms with van der Waals surface area (Å²) in [5, 5.41) is 9.13. The summed E-state index contributed by atoms with van der Waals surface area (Å²) in [6.45, 7) is 3.98. The normalized spacial score (nSPS) is 22.7. The Labute approximate surface area is 127 Å². The van der Waals surface area contributed by atoms with E-state index in [1.165, 1.54) is 12.8 Å². The Morgan fingerprint density at radius 1 is 1.43 bits per heavy atom. The topological polar surface area (TPSA) is 75.7 Å². The molecule has 0 aliphatic carbocycles. The number of nitrogens with two attached hydrogens (primary N) is 1. The van der Waals surface area contributed by atoms with E-state index in [9.17, 15) is 4.79 Å². The predicted molar refractivity (Wildman–Crippen MR) is 85.5 cm³/mol. The number of hydrogen-bond donors (Lipinski definition) is 2. The molecule has 0 saturated heterocycles. The van der Waals surface area contributed by atoms with Crippen LogP contribution in [0.2, 0.25) is 0 Å². The summed E-state index contributed by atoms with van der Waals surface area (Å²) in [6.07, 6.45) is 13.9. The van der Waals surface area contributed by atoms with Crippen LogP contribution in [0, 0.1) is 0 Å². The molecule has 21 heavy (non-hydrogen) atoms. The van der Waals surface area contributed by atoms with Gasteiger partial charge in [0.1, 0.15) is 12.4 Å². The summed E-state index contributed by atoms with van der Waals surface area (Å²) in [6, 6.07) is 0. The third kappa shape index (κ3) is 5.10. The summed E-state index contributed by atoms with van der Waals surface area (Å²) in [7, 11) is 0. The van der Waals surface area contributed by atoms with E-state index in [1.807, 2.05) is 6.92 Å². The van der Waals surface area contributed by atoms with Gasteiger partial charge in [-0.3, -0.25) is 5.73 Å². The zero-order valence-corrected chi connectivity index (χ0v) is 13.2. The van der Waals surface area contributed by atoms with Crippen LogP contribution >= 0.6 is 0 Å². The first-order valence-corrected chi connectivity index (χ1v) is 7.77. The summed E-state index contributed by atoms with van der Waals surface area (Å²) < 4.78 is 0.148. The second kappa shape index (κ2) is 8.74. The number of carbonyl (C=O) groups is 1.